The van der Waals surface area contributed by atoms with E-state index < -0.39 is 23.7 Å². The van der Waals surface area contributed by atoms with Gasteiger partial charge >= 0.3 is 6.18 Å². The highest BCUT2D eigenvalue weighted by atomic mass is 35.5. The molecular weight excluding hydrogens is 583 g/mol. The van der Waals surface area contributed by atoms with Gasteiger partial charge in [-0.05, 0) is 66.3 Å². The summed E-state index contributed by atoms with van der Waals surface area (Å²) in [5.41, 5.74) is 2.52. The highest BCUT2D eigenvalue weighted by Gasteiger charge is 2.41. The first kappa shape index (κ1) is 29.1. The van der Waals surface area contributed by atoms with Crippen molar-refractivity contribution in [2.24, 2.45) is 5.92 Å². The van der Waals surface area contributed by atoms with Crippen molar-refractivity contribution in [3.8, 4) is 11.1 Å². The number of rotatable bonds is 7. The number of imide groups is 1. The highest BCUT2D eigenvalue weighted by molar-refractivity contribution is 6.30. The van der Waals surface area contributed by atoms with E-state index >= 15 is 0 Å². The number of halogens is 4. The molecule has 0 bridgehead atoms. The lowest BCUT2D eigenvalue weighted by molar-refractivity contribution is -0.137. The third kappa shape index (κ3) is 6.09. The first-order chi connectivity index (χ1) is 20.6. The number of piperidine rings is 1. The minimum absolute atomic E-state index is 0.0201. The van der Waals surface area contributed by atoms with Crippen molar-refractivity contribution in [2.45, 2.75) is 44.6 Å². The van der Waals surface area contributed by atoms with E-state index in [9.17, 15) is 27.6 Å². The van der Waals surface area contributed by atoms with Gasteiger partial charge in [0.15, 0.2) is 0 Å². The molecule has 2 saturated heterocycles. The molecular formula is C31H29ClF3N5O3. The van der Waals surface area contributed by atoms with Crippen LogP contribution in [-0.4, -0.2) is 53.3 Å². The summed E-state index contributed by atoms with van der Waals surface area (Å²) in [6.45, 7) is 2.47. The average Bonchev–Trinajstić information content (AvgIpc) is 3.49. The number of carbonyl (C=O) groups is 3. The number of nitrogens with one attached hydrogen (secondary N) is 2. The molecule has 8 nitrogen and oxygen atoms in total. The van der Waals surface area contributed by atoms with Gasteiger partial charge in [0.2, 0.25) is 11.8 Å². The fourth-order valence-corrected chi connectivity index (χ4v) is 6.25. The molecule has 3 aromatic rings. The molecule has 3 aliphatic rings. The van der Waals surface area contributed by atoms with Crippen molar-refractivity contribution >= 4 is 35.1 Å². The Labute approximate surface area is 251 Å². The summed E-state index contributed by atoms with van der Waals surface area (Å²) in [6, 6.07) is 12.6. The topological polar surface area (TPSA) is 94.6 Å². The molecule has 4 heterocycles. The van der Waals surface area contributed by atoms with Crippen LogP contribution in [0.5, 0.6) is 0 Å². The number of pyridine rings is 1. The molecule has 2 aromatic carbocycles. The van der Waals surface area contributed by atoms with Crippen LogP contribution in [0.15, 0.2) is 54.7 Å². The molecule has 224 valence electrons. The lowest BCUT2D eigenvalue weighted by Gasteiger charge is -2.34. The fourth-order valence-electron chi connectivity index (χ4n) is 6.06. The SMILES string of the molecule is O=C1C[C@H](N2Cc3cc(CNCC4CCN(c5ncc(-c6cccc(Cl)c6)cc5C(F)(F)F)CC4)ccc3C2=O)C(=O)N1. The van der Waals surface area contributed by atoms with E-state index in [1.807, 2.05) is 12.1 Å². The smallest absolute Gasteiger partial charge is 0.356 e. The lowest BCUT2D eigenvalue weighted by atomic mass is 9.96. The number of benzene rings is 2. The third-order valence-corrected chi connectivity index (χ3v) is 8.56. The fraction of sp³-hybridized carbons (Fsp3) is 0.355. The van der Waals surface area contributed by atoms with E-state index in [0.29, 0.717) is 53.8 Å². The Morgan fingerprint density at radius 1 is 1.02 bits per heavy atom. The molecule has 43 heavy (non-hydrogen) atoms. The molecule has 1 atom stereocenters. The van der Waals surface area contributed by atoms with Gasteiger partial charge in [-0.1, -0.05) is 35.9 Å². The largest absolute Gasteiger partial charge is 0.419 e. The zero-order valence-corrected chi connectivity index (χ0v) is 23.8. The van der Waals surface area contributed by atoms with E-state index in [1.54, 1.807) is 35.2 Å². The van der Waals surface area contributed by atoms with Gasteiger partial charge in [-0.2, -0.15) is 13.2 Å². The van der Waals surface area contributed by atoms with E-state index in [2.05, 4.69) is 15.6 Å². The molecule has 0 spiro atoms. The maximum absolute atomic E-state index is 14.1. The van der Waals surface area contributed by atoms with Gasteiger partial charge in [0.1, 0.15) is 11.9 Å². The van der Waals surface area contributed by atoms with Gasteiger partial charge in [-0.3, -0.25) is 19.7 Å². The first-order valence-electron chi connectivity index (χ1n) is 14.1. The summed E-state index contributed by atoms with van der Waals surface area (Å²) in [5, 5.41) is 6.13. The Bertz CT molecular complexity index is 1590. The summed E-state index contributed by atoms with van der Waals surface area (Å²) in [4.78, 5) is 43.9. The maximum Gasteiger partial charge on any atom is 0.419 e. The standard InChI is InChI=1S/C31H29ClF3N5O3/c32-23-3-1-2-20(11-23)21-12-25(31(33,34)35)28(37-16-21)39-8-6-18(7-9-39)14-36-15-19-4-5-24-22(10-19)17-40(30(24)43)26-13-27(41)38-29(26)42/h1-5,10-12,16,18,26,36H,6-9,13-15,17H2,(H,38,41,42)/t26-/m0/s1. The van der Waals surface area contributed by atoms with E-state index in [-0.39, 0.29) is 30.6 Å². The monoisotopic (exact) mass is 611 g/mol. The molecule has 3 aliphatic heterocycles. The maximum atomic E-state index is 14.1. The van der Waals surface area contributed by atoms with Crippen LogP contribution in [0.2, 0.25) is 5.02 Å². The molecule has 0 aliphatic carbocycles. The van der Waals surface area contributed by atoms with Crippen LogP contribution < -0.4 is 15.5 Å². The number of nitrogens with zero attached hydrogens (tertiary/aromatic N) is 3. The number of amides is 3. The minimum atomic E-state index is -4.55. The van der Waals surface area contributed by atoms with Crippen LogP contribution in [-0.2, 0) is 28.9 Å². The highest BCUT2D eigenvalue weighted by Crippen LogP contribution is 2.39. The average molecular weight is 612 g/mol. The third-order valence-electron chi connectivity index (χ3n) is 8.33. The summed E-state index contributed by atoms with van der Waals surface area (Å²) in [6.07, 6.45) is -1.66. The van der Waals surface area contributed by atoms with Crippen molar-refractivity contribution < 1.29 is 27.6 Å². The molecule has 1 aromatic heterocycles. The number of fused-ring (bicyclic) bond motifs is 1. The predicted octanol–water partition coefficient (Wildman–Crippen LogP) is 4.80. The molecule has 2 N–H and O–H groups in total. The molecule has 2 fully saturated rings. The predicted molar refractivity (Wildman–Crippen MR) is 154 cm³/mol. The molecule has 0 radical (unpaired) electrons. The summed E-state index contributed by atoms with van der Waals surface area (Å²) in [5.74, 6) is -0.831. The number of anilines is 1. The molecule has 0 saturated carbocycles. The second-order valence-electron chi connectivity index (χ2n) is 11.2. The van der Waals surface area contributed by atoms with E-state index in [1.165, 1.54) is 11.1 Å². The van der Waals surface area contributed by atoms with Crippen LogP contribution in [0.3, 0.4) is 0 Å². The number of hydrogen-bond acceptors (Lipinski definition) is 6. The van der Waals surface area contributed by atoms with Crippen molar-refractivity contribution in [2.75, 3.05) is 24.5 Å². The van der Waals surface area contributed by atoms with Gasteiger partial charge in [0.05, 0.1) is 12.0 Å². The van der Waals surface area contributed by atoms with Gasteiger partial charge in [0, 0.05) is 48.5 Å². The second-order valence-corrected chi connectivity index (χ2v) is 11.7. The summed E-state index contributed by atoms with van der Waals surface area (Å²) >= 11 is 6.03. The number of aromatic nitrogens is 1. The minimum Gasteiger partial charge on any atom is -0.356 e. The van der Waals surface area contributed by atoms with Gasteiger partial charge in [-0.25, -0.2) is 4.98 Å². The van der Waals surface area contributed by atoms with Crippen LogP contribution in [0.25, 0.3) is 11.1 Å². The van der Waals surface area contributed by atoms with Crippen molar-refractivity contribution in [3.05, 3.63) is 82.0 Å². The lowest BCUT2D eigenvalue weighted by Crippen LogP contribution is -2.40. The van der Waals surface area contributed by atoms with Gasteiger partial charge in [0.25, 0.3) is 5.91 Å². The van der Waals surface area contributed by atoms with Crippen LogP contribution >= 0.6 is 11.6 Å². The molecule has 12 heteroatoms. The Kier molecular flexibility index (Phi) is 7.87. The van der Waals surface area contributed by atoms with E-state index in [0.717, 1.165) is 30.0 Å². The zero-order valence-electron chi connectivity index (χ0n) is 23.1. The summed E-state index contributed by atoms with van der Waals surface area (Å²) in [7, 11) is 0. The Morgan fingerprint density at radius 3 is 2.51 bits per heavy atom. The first-order valence-corrected chi connectivity index (χ1v) is 14.5. The van der Waals surface area contributed by atoms with Crippen LogP contribution in [0.1, 0.15) is 46.3 Å². The van der Waals surface area contributed by atoms with E-state index in [4.69, 9.17) is 11.6 Å². The molecule has 0 unspecified atom stereocenters. The second kappa shape index (κ2) is 11.6. The van der Waals surface area contributed by atoms with Crippen LogP contribution in [0, 0.1) is 5.92 Å². The Hall–Kier alpha value is -3.96. The van der Waals surface area contributed by atoms with Gasteiger partial charge < -0.3 is 15.1 Å². The summed E-state index contributed by atoms with van der Waals surface area (Å²) < 4.78 is 42.2. The number of hydrogen-bond donors (Lipinski definition) is 2. The van der Waals surface area contributed by atoms with Gasteiger partial charge in [-0.15, -0.1) is 0 Å². The molecule has 3 amide bonds. The number of carbonyl (C=O) groups excluding carboxylic acids is 3. The molecule has 6 rings (SSSR count). The normalized spacial score (nSPS) is 19.3. The van der Waals surface area contributed by atoms with Crippen molar-refractivity contribution in [1.82, 2.24) is 20.5 Å². The quantitative estimate of drug-likeness (QED) is 0.373. The zero-order chi connectivity index (χ0) is 30.3. The Morgan fingerprint density at radius 2 is 1.81 bits per heavy atom. The van der Waals surface area contributed by atoms with Crippen molar-refractivity contribution in [3.63, 3.8) is 0 Å². The number of alkyl halides is 3. The van der Waals surface area contributed by atoms with Crippen molar-refractivity contribution in [1.29, 1.82) is 0 Å². The van der Waals surface area contributed by atoms with Crippen LogP contribution in [0.4, 0.5) is 19.0 Å². The Balaban J connectivity index is 1.04.